The van der Waals surface area contributed by atoms with Gasteiger partial charge < -0.3 is 9.73 Å². The van der Waals surface area contributed by atoms with Crippen molar-refractivity contribution >= 4 is 39.7 Å². The van der Waals surface area contributed by atoms with Gasteiger partial charge in [0.1, 0.15) is 11.5 Å². The molecule has 0 fully saturated rings. The second kappa shape index (κ2) is 13.0. The highest BCUT2D eigenvalue weighted by atomic mass is 35.5. The maximum Gasteiger partial charge on any atom is 0.329 e. The second-order valence-electron chi connectivity index (χ2n) is 8.25. The summed E-state index contributed by atoms with van der Waals surface area (Å²) in [6, 6.07) is 21.6. The Kier molecular flexibility index (Phi) is 9.21. The lowest BCUT2D eigenvalue weighted by atomic mass is 10.2. The molecule has 0 aliphatic heterocycles. The average molecular weight is 566 g/mol. The number of halogens is 1. The number of hydrogen-bond donors (Lipinski definition) is 2. The van der Waals surface area contributed by atoms with Gasteiger partial charge in [-0.2, -0.15) is 9.41 Å². The zero-order valence-corrected chi connectivity index (χ0v) is 22.1. The molecule has 12 heteroatoms. The van der Waals surface area contributed by atoms with Crippen LogP contribution in [0, 0.1) is 0 Å². The first kappa shape index (κ1) is 27.7. The Morgan fingerprint density at radius 3 is 2.33 bits per heavy atom. The molecule has 0 aliphatic rings. The molecular formula is C27H24ClN5O5S. The number of amides is 2. The zero-order chi connectivity index (χ0) is 27.7. The molecule has 0 atom stereocenters. The summed E-state index contributed by atoms with van der Waals surface area (Å²) in [5.74, 6) is -1.19. The molecule has 0 bridgehead atoms. The minimum absolute atomic E-state index is 0.0581. The molecule has 0 spiro atoms. The van der Waals surface area contributed by atoms with Crippen LogP contribution in [0.3, 0.4) is 0 Å². The third kappa shape index (κ3) is 7.84. The van der Waals surface area contributed by atoms with Gasteiger partial charge in [0.15, 0.2) is 0 Å². The van der Waals surface area contributed by atoms with E-state index in [9.17, 15) is 18.0 Å². The fraction of sp³-hybridized carbons (Fsp3) is 0.111. The van der Waals surface area contributed by atoms with E-state index in [2.05, 4.69) is 20.8 Å². The van der Waals surface area contributed by atoms with Gasteiger partial charge in [0.25, 0.3) is 0 Å². The molecule has 10 nitrogen and oxygen atoms in total. The van der Waals surface area contributed by atoms with E-state index >= 15 is 0 Å². The molecule has 2 aromatic carbocycles. The summed E-state index contributed by atoms with van der Waals surface area (Å²) in [5, 5.41) is 6.77. The summed E-state index contributed by atoms with van der Waals surface area (Å²) in [4.78, 5) is 28.0. The number of aromatic nitrogens is 1. The second-order valence-corrected chi connectivity index (χ2v) is 10.6. The molecular weight excluding hydrogens is 542 g/mol. The molecule has 0 saturated heterocycles. The van der Waals surface area contributed by atoms with Gasteiger partial charge in [-0.25, -0.2) is 13.8 Å². The van der Waals surface area contributed by atoms with Crippen LogP contribution in [0.4, 0.5) is 0 Å². The van der Waals surface area contributed by atoms with Crippen LogP contribution < -0.4 is 10.7 Å². The van der Waals surface area contributed by atoms with Crippen LogP contribution >= 0.6 is 11.6 Å². The fourth-order valence-electron chi connectivity index (χ4n) is 3.45. The van der Waals surface area contributed by atoms with Crippen LogP contribution in [0.5, 0.6) is 0 Å². The molecule has 0 radical (unpaired) electrons. The Morgan fingerprint density at radius 1 is 0.897 bits per heavy atom. The largest absolute Gasteiger partial charge is 0.459 e. The predicted molar refractivity (Wildman–Crippen MR) is 145 cm³/mol. The minimum Gasteiger partial charge on any atom is -0.459 e. The molecule has 4 rings (SSSR count). The summed E-state index contributed by atoms with van der Waals surface area (Å²) in [6.45, 7) is 0.194. The number of sulfonamides is 1. The van der Waals surface area contributed by atoms with E-state index < -0.39 is 21.8 Å². The van der Waals surface area contributed by atoms with Crippen molar-refractivity contribution in [2.24, 2.45) is 5.10 Å². The van der Waals surface area contributed by atoms with Crippen LogP contribution in [0.2, 0.25) is 5.02 Å². The first-order valence-corrected chi connectivity index (χ1v) is 13.5. The van der Waals surface area contributed by atoms with Crippen molar-refractivity contribution in [2.75, 3.05) is 0 Å². The Labute approximate surface area is 230 Å². The van der Waals surface area contributed by atoms with Crippen LogP contribution in [0.25, 0.3) is 0 Å². The number of benzene rings is 2. The number of carbonyl (C=O) groups is 2. The van der Waals surface area contributed by atoms with E-state index in [0.717, 1.165) is 11.1 Å². The number of nitrogens with zero attached hydrogens (tertiary/aromatic N) is 3. The van der Waals surface area contributed by atoms with Gasteiger partial charge in [0, 0.05) is 30.5 Å². The Balaban J connectivity index is 1.40. The maximum absolute atomic E-state index is 13.4. The molecule has 2 N–H and O–H groups in total. The topological polar surface area (TPSA) is 134 Å². The molecule has 0 unspecified atom stereocenters. The Hall–Kier alpha value is -4.32. The highest BCUT2D eigenvalue weighted by Gasteiger charge is 2.26. The third-order valence-electron chi connectivity index (χ3n) is 5.43. The van der Waals surface area contributed by atoms with Crippen molar-refractivity contribution < 1.29 is 22.4 Å². The van der Waals surface area contributed by atoms with Crippen LogP contribution in [0.1, 0.15) is 22.6 Å². The highest BCUT2D eigenvalue weighted by Crippen LogP contribution is 2.22. The van der Waals surface area contributed by atoms with Crippen molar-refractivity contribution in [1.82, 2.24) is 20.0 Å². The predicted octanol–water partition coefficient (Wildman–Crippen LogP) is 3.49. The molecule has 39 heavy (non-hydrogen) atoms. The van der Waals surface area contributed by atoms with Gasteiger partial charge in [-0.1, -0.05) is 41.9 Å². The number of nitrogens with one attached hydrogen (secondary N) is 2. The zero-order valence-electron chi connectivity index (χ0n) is 20.5. The summed E-state index contributed by atoms with van der Waals surface area (Å²) in [7, 11) is -3.86. The number of pyridine rings is 1. The van der Waals surface area contributed by atoms with E-state index in [1.54, 1.807) is 79.1 Å². The summed E-state index contributed by atoms with van der Waals surface area (Å²) >= 11 is 5.98. The lowest BCUT2D eigenvalue weighted by Gasteiger charge is -2.21. The van der Waals surface area contributed by atoms with E-state index in [4.69, 9.17) is 16.0 Å². The molecule has 0 aliphatic carbocycles. The van der Waals surface area contributed by atoms with Crippen LogP contribution in [-0.2, 0) is 39.2 Å². The van der Waals surface area contributed by atoms with Crippen LogP contribution in [0.15, 0.2) is 106 Å². The molecule has 2 aromatic heterocycles. The van der Waals surface area contributed by atoms with Gasteiger partial charge in [0.05, 0.1) is 17.7 Å². The number of rotatable bonds is 10. The Morgan fingerprint density at radius 2 is 1.62 bits per heavy atom. The average Bonchev–Trinajstić information content (AvgIpc) is 3.40. The lowest BCUT2D eigenvalue weighted by molar-refractivity contribution is -0.139. The maximum atomic E-state index is 13.4. The third-order valence-corrected chi connectivity index (χ3v) is 7.49. The molecule has 4 aromatic rings. The fourth-order valence-corrected chi connectivity index (χ4v) is 4.99. The van der Waals surface area contributed by atoms with Gasteiger partial charge in [-0.3, -0.25) is 14.6 Å². The van der Waals surface area contributed by atoms with Crippen molar-refractivity contribution in [3.8, 4) is 0 Å². The van der Waals surface area contributed by atoms with Gasteiger partial charge >= 0.3 is 11.8 Å². The Bertz CT molecular complexity index is 1540. The van der Waals surface area contributed by atoms with Crippen molar-refractivity contribution in [1.29, 1.82) is 0 Å². The molecule has 200 valence electrons. The van der Waals surface area contributed by atoms with Crippen molar-refractivity contribution in [3.05, 3.63) is 119 Å². The summed E-state index contributed by atoms with van der Waals surface area (Å²) in [6.07, 6.45) is 4.38. The molecule has 0 saturated carbocycles. The van der Waals surface area contributed by atoms with Gasteiger partial charge in [-0.15, -0.1) is 0 Å². The van der Waals surface area contributed by atoms with E-state index in [1.807, 2.05) is 0 Å². The van der Waals surface area contributed by atoms with Gasteiger partial charge in [-0.05, 0) is 59.7 Å². The van der Waals surface area contributed by atoms with E-state index in [1.165, 1.54) is 22.7 Å². The number of furan rings is 1. The standard InChI is InChI=1S/C27H24ClN5O5S/c28-22-8-6-21(7-9-22)18-33(39(36,37)25-4-2-1-3-5-25)19-24-11-10-23(38-24)17-31-32-27(35)26(34)30-16-20-12-14-29-15-13-20/h1-15,17H,16,18-19H2,(H,30,34)(H,32,35)/b31-17+. The quantitative estimate of drug-likeness (QED) is 0.172. The number of carbonyl (C=O) groups excluding carboxylic acids is 2. The van der Waals surface area contributed by atoms with Crippen molar-refractivity contribution in [2.45, 2.75) is 24.5 Å². The summed E-state index contributed by atoms with van der Waals surface area (Å²) < 4.78 is 33.8. The normalized spacial score (nSPS) is 11.5. The molecule has 2 amide bonds. The van der Waals surface area contributed by atoms with Crippen molar-refractivity contribution in [3.63, 3.8) is 0 Å². The van der Waals surface area contributed by atoms with Crippen LogP contribution in [-0.4, -0.2) is 35.7 Å². The SMILES string of the molecule is O=C(NCc1ccncc1)C(=O)N/N=C/c1ccc(CN(Cc2ccc(Cl)cc2)S(=O)(=O)c2ccccc2)o1. The lowest BCUT2D eigenvalue weighted by Crippen LogP contribution is -2.37. The first-order chi connectivity index (χ1) is 18.8. The minimum atomic E-state index is -3.86. The first-order valence-electron chi connectivity index (χ1n) is 11.7. The smallest absolute Gasteiger partial charge is 0.329 e. The number of hydrazone groups is 1. The monoisotopic (exact) mass is 565 g/mol. The number of hydrogen-bond acceptors (Lipinski definition) is 7. The summed E-state index contributed by atoms with van der Waals surface area (Å²) in [5.41, 5.74) is 3.67. The highest BCUT2D eigenvalue weighted by molar-refractivity contribution is 7.89. The molecule has 2 heterocycles. The van der Waals surface area contributed by atoms with Gasteiger partial charge in [0.2, 0.25) is 10.0 Å². The van der Waals surface area contributed by atoms with E-state index in [0.29, 0.717) is 10.8 Å². The van der Waals surface area contributed by atoms with E-state index in [-0.39, 0.29) is 30.3 Å².